The first-order chi connectivity index (χ1) is 17.0. The molecule has 1 aliphatic rings. The minimum Gasteiger partial charge on any atom is -0.450 e. The van der Waals surface area contributed by atoms with Crippen LogP contribution in [0.4, 0.5) is 15.3 Å². The van der Waals surface area contributed by atoms with E-state index in [-0.39, 0.29) is 12.1 Å². The maximum absolute atomic E-state index is 12.8. The van der Waals surface area contributed by atoms with Crippen LogP contribution in [0, 0.1) is 6.92 Å². The van der Waals surface area contributed by atoms with Crippen LogP contribution in [0.3, 0.4) is 0 Å². The Morgan fingerprint density at radius 1 is 1.11 bits per heavy atom. The van der Waals surface area contributed by atoms with E-state index in [0.717, 1.165) is 33.4 Å². The van der Waals surface area contributed by atoms with E-state index in [1.165, 1.54) is 6.33 Å². The molecule has 0 fully saturated rings. The summed E-state index contributed by atoms with van der Waals surface area (Å²) < 4.78 is 12.8. The molecule has 4 aromatic rings. The van der Waals surface area contributed by atoms with Crippen LogP contribution in [-0.4, -0.2) is 44.7 Å². The summed E-state index contributed by atoms with van der Waals surface area (Å²) in [7, 11) is 0. The number of aromatic nitrogens is 3. The molecule has 178 valence electrons. The summed E-state index contributed by atoms with van der Waals surface area (Å²) in [5, 5.41) is 3.78. The SMILES string of the molecule is CCOC(=O)N1CCc2c(ncnc2Oc2ccc3c(ccn3C(=O)Nc3cccc(C)c3)c2)C1. The molecule has 0 saturated heterocycles. The maximum atomic E-state index is 12.8. The number of anilines is 1. The van der Waals surface area contributed by atoms with Crippen molar-refractivity contribution < 1.29 is 19.1 Å². The smallest absolute Gasteiger partial charge is 0.410 e. The van der Waals surface area contributed by atoms with Crippen molar-refractivity contribution >= 4 is 28.7 Å². The van der Waals surface area contributed by atoms with Gasteiger partial charge < -0.3 is 19.7 Å². The highest BCUT2D eigenvalue weighted by atomic mass is 16.6. The van der Waals surface area contributed by atoms with E-state index in [9.17, 15) is 9.59 Å². The molecule has 0 saturated carbocycles. The van der Waals surface area contributed by atoms with E-state index in [1.54, 1.807) is 28.7 Å². The van der Waals surface area contributed by atoms with Crippen molar-refractivity contribution in [2.45, 2.75) is 26.8 Å². The largest absolute Gasteiger partial charge is 0.450 e. The van der Waals surface area contributed by atoms with E-state index >= 15 is 0 Å². The van der Waals surface area contributed by atoms with Gasteiger partial charge in [0.05, 0.1) is 24.4 Å². The van der Waals surface area contributed by atoms with Crippen molar-refractivity contribution in [3.05, 3.63) is 77.9 Å². The van der Waals surface area contributed by atoms with E-state index in [0.29, 0.717) is 37.7 Å². The lowest BCUT2D eigenvalue weighted by Crippen LogP contribution is -2.37. The van der Waals surface area contributed by atoms with Crippen molar-refractivity contribution in [3.8, 4) is 11.6 Å². The van der Waals surface area contributed by atoms with Gasteiger partial charge in [-0.15, -0.1) is 0 Å². The number of rotatable bonds is 4. The van der Waals surface area contributed by atoms with Gasteiger partial charge in [0.2, 0.25) is 5.88 Å². The number of nitrogens with zero attached hydrogens (tertiary/aromatic N) is 4. The average molecular weight is 472 g/mol. The zero-order chi connectivity index (χ0) is 24.4. The van der Waals surface area contributed by atoms with Gasteiger partial charge >= 0.3 is 12.1 Å². The molecule has 5 rings (SSSR count). The van der Waals surface area contributed by atoms with Crippen LogP contribution >= 0.6 is 0 Å². The molecule has 0 atom stereocenters. The quantitative estimate of drug-likeness (QED) is 0.443. The highest BCUT2D eigenvalue weighted by molar-refractivity contribution is 5.98. The van der Waals surface area contributed by atoms with E-state index in [2.05, 4.69) is 15.3 Å². The molecule has 2 aromatic heterocycles. The van der Waals surface area contributed by atoms with Gasteiger partial charge in [-0.3, -0.25) is 4.57 Å². The summed E-state index contributed by atoms with van der Waals surface area (Å²) in [6, 6.07) is 14.8. The zero-order valence-corrected chi connectivity index (χ0v) is 19.5. The summed E-state index contributed by atoms with van der Waals surface area (Å²) in [6.07, 6.45) is 3.40. The fourth-order valence-corrected chi connectivity index (χ4v) is 4.16. The van der Waals surface area contributed by atoms with Crippen LogP contribution in [0.5, 0.6) is 11.6 Å². The molecule has 0 aliphatic carbocycles. The second kappa shape index (κ2) is 9.46. The van der Waals surface area contributed by atoms with Crippen LogP contribution in [0.1, 0.15) is 23.7 Å². The third-order valence-electron chi connectivity index (χ3n) is 5.86. The lowest BCUT2D eigenvalue weighted by molar-refractivity contribution is 0.102. The average Bonchev–Trinajstić information content (AvgIpc) is 3.27. The van der Waals surface area contributed by atoms with Crippen molar-refractivity contribution in [1.29, 1.82) is 0 Å². The van der Waals surface area contributed by atoms with Crippen molar-refractivity contribution in [1.82, 2.24) is 19.4 Å². The molecule has 35 heavy (non-hydrogen) atoms. The van der Waals surface area contributed by atoms with Crippen molar-refractivity contribution in [3.63, 3.8) is 0 Å². The number of fused-ring (bicyclic) bond motifs is 2. The van der Waals surface area contributed by atoms with Gasteiger partial charge in [0.1, 0.15) is 12.1 Å². The molecule has 1 aliphatic heterocycles. The van der Waals surface area contributed by atoms with Crippen molar-refractivity contribution in [2.75, 3.05) is 18.5 Å². The standard InChI is InChI=1S/C26H25N5O4/c1-3-34-26(33)30-11-10-21-22(15-30)27-16-28-24(21)35-20-7-8-23-18(14-20)9-12-31(23)25(32)29-19-6-4-5-17(2)13-19/h4-9,12-14,16H,3,10-11,15H2,1-2H3,(H,29,32). The second-order valence-corrected chi connectivity index (χ2v) is 8.28. The highest BCUT2D eigenvalue weighted by Crippen LogP contribution is 2.30. The Morgan fingerprint density at radius 3 is 2.83 bits per heavy atom. The Hall–Kier alpha value is -4.40. The van der Waals surface area contributed by atoms with Crippen molar-refractivity contribution in [2.24, 2.45) is 0 Å². The van der Waals surface area contributed by atoms with E-state index in [1.807, 2.05) is 49.4 Å². The number of nitrogens with one attached hydrogen (secondary N) is 1. The normalized spacial score (nSPS) is 12.8. The minimum absolute atomic E-state index is 0.240. The second-order valence-electron chi connectivity index (χ2n) is 8.28. The van der Waals surface area contributed by atoms with Crippen LogP contribution < -0.4 is 10.1 Å². The third kappa shape index (κ3) is 4.65. The number of hydrogen-bond acceptors (Lipinski definition) is 6. The van der Waals surface area contributed by atoms with Crippen LogP contribution in [-0.2, 0) is 17.7 Å². The molecular weight excluding hydrogens is 446 g/mol. The first kappa shape index (κ1) is 22.4. The topological polar surface area (TPSA) is 98.6 Å². The molecule has 0 spiro atoms. The Kier molecular flexibility index (Phi) is 6.05. The molecule has 9 nitrogen and oxygen atoms in total. The summed E-state index contributed by atoms with van der Waals surface area (Å²) in [5.74, 6) is 1.07. The van der Waals surface area contributed by atoms with Gasteiger partial charge in [-0.25, -0.2) is 19.6 Å². The molecule has 0 radical (unpaired) electrons. The number of aryl methyl sites for hydroxylation is 1. The zero-order valence-electron chi connectivity index (χ0n) is 19.5. The predicted molar refractivity (Wildman–Crippen MR) is 131 cm³/mol. The lowest BCUT2D eigenvalue weighted by Gasteiger charge is -2.27. The molecule has 3 heterocycles. The fraction of sp³-hybridized carbons (Fsp3) is 0.231. The first-order valence-electron chi connectivity index (χ1n) is 11.4. The summed E-state index contributed by atoms with van der Waals surface area (Å²) in [6.45, 7) is 4.95. The molecule has 2 amide bonds. The minimum atomic E-state index is -0.347. The number of benzene rings is 2. The molecule has 2 aromatic carbocycles. The van der Waals surface area contributed by atoms with Gasteiger partial charge in [0.25, 0.3) is 0 Å². The van der Waals surface area contributed by atoms with Crippen LogP contribution in [0.2, 0.25) is 0 Å². The Morgan fingerprint density at radius 2 is 2.00 bits per heavy atom. The maximum Gasteiger partial charge on any atom is 0.410 e. The van der Waals surface area contributed by atoms with Gasteiger partial charge in [-0.05, 0) is 62.2 Å². The summed E-state index contributed by atoms with van der Waals surface area (Å²) >= 11 is 0. The number of hydrogen-bond donors (Lipinski definition) is 1. The summed E-state index contributed by atoms with van der Waals surface area (Å²) in [5.41, 5.74) is 4.20. The Bertz CT molecular complexity index is 1410. The molecule has 0 unspecified atom stereocenters. The Balaban J connectivity index is 1.34. The third-order valence-corrected chi connectivity index (χ3v) is 5.86. The van der Waals surface area contributed by atoms with Gasteiger partial charge in [-0.1, -0.05) is 12.1 Å². The monoisotopic (exact) mass is 471 g/mol. The summed E-state index contributed by atoms with van der Waals surface area (Å²) in [4.78, 5) is 35.2. The number of ether oxygens (including phenoxy) is 2. The molecule has 0 bridgehead atoms. The van der Waals surface area contributed by atoms with E-state index in [4.69, 9.17) is 9.47 Å². The first-order valence-corrected chi connectivity index (χ1v) is 11.4. The van der Waals surface area contributed by atoms with Crippen LogP contribution in [0.15, 0.2) is 61.1 Å². The molecule has 9 heteroatoms. The lowest BCUT2D eigenvalue weighted by atomic mass is 10.1. The molecular formula is C26H25N5O4. The predicted octanol–water partition coefficient (Wildman–Crippen LogP) is 5.13. The fourth-order valence-electron chi connectivity index (χ4n) is 4.16. The highest BCUT2D eigenvalue weighted by Gasteiger charge is 2.26. The van der Waals surface area contributed by atoms with Gasteiger partial charge in [0.15, 0.2) is 0 Å². The molecule has 1 N–H and O–H groups in total. The number of amides is 2. The Labute approximate surface area is 202 Å². The number of carbonyl (C=O) groups excluding carboxylic acids is 2. The van der Waals surface area contributed by atoms with Gasteiger partial charge in [-0.2, -0.15) is 0 Å². The van der Waals surface area contributed by atoms with Crippen LogP contribution in [0.25, 0.3) is 10.9 Å². The number of carbonyl (C=O) groups is 2. The van der Waals surface area contributed by atoms with Gasteiger partial charge in [0, 0.05) is 29.4 Å². The van der Waals surface area contributed by atoms with E-state index < -0.39 is 0 Å².